The molecule has 6 heterocycles. The molecule has 0 radical (unpaired) electrons. The summed E-state index contributed by atoms with van der Waals surface area (Å²) >= 11 is 0. The SMILES string of the molecule is CCOC(=O)[C@@]12C[C@H]1/C=C\CCCCN(C)C(=O)[C@@H]1C[C@H](Oc3cc(-c4ccccc4)nc(OC)n3)C[C@H]1C(=O)N2.COc1nc(O[C@@H]2C[C@H]3C(=O)N[C@]4(C(=O)NS(=O)(=O)C5CC5)C[C@H]4/C=C\CCCCN(C)C(=O)[C@@H]3C2)cc(-c2ccccc2)n1.COc1nc(O[C@@H]2C[C@H]3C(=O)N[C@]4(C(=O)O)C[C@H]4/C=C\CCCCN(C)C(=O)[C@@H]3C2)cc(-c2ccccc2)n1. The summed E-state index contributed by atoms with van der Waals surface area (Å²) < 4.78 is 67.6. The van der Waals surface area contributed by atoms with Crippen LogP contribution in [0, 0.1) is 53.3 Å². The molecule has 3 aromatic heterocycles. The maximum absolute atomic E-state index is 14.0. The van der Waals surface area contributed by atoms with Gasteiger partial charge in [0.25, 0.3) is 5.91 Å². The molecule has 7 saturated carbocycles. The highest BCUT2D eigenvalue weighted by molar-refractivity contribution is 7.91. The third kappa shape index (κ3) is 21.0. The number of rotatable bonds is 18. The summed E-state index contributed by atoms with van der Waals surface area (Å²) in [5.74, 6) is -7.74. The van der Waals surface area contributed by atoms with Gasteiger partial charge in [-0.2, -0.15) is 29.9 Å². The minimum Gasteiger partial charge on any atom is -0.479 e. The molecular weight excluding hydrogens is 1620 g/mol. The molecule has 0 spiro atoms. The fourth-order valence-corrected chi connectivity index (χ4v) is 19.3. The molecule has 3 aromatic carbocycles. The van der Waals surface area contributed by atoms with Crippen LogP contribution in [-0.4, -0.2) is 220 Å². The first-order valence-corrected chi connectivity index (χ1v) is 44.9. The van der Waals surface area contributed by atoms with Crippen molar-refractivity contribution in [1.29, 1.82) is 0 Å². The molecule has 125 heavy (non-hydrogen) atoms. The van der Waals surface area contributed by atoms with E-state index in [4.69, 9.17) is 33.2 Å². The van der Waals surface area contributed by atoms with E-state index in [-0.39, 0.29) is 103 Å². The Morgan fingerprint density at radius 2 is 0.776 bits per heavy atom. The van der Waals surface area contributed by atoms with Gasteiger partial charge in [-0.25, -0.2) is 18.0 Å². The van der Waals surface area contributed by atoms with Gasteiger partial charge in [0, 0.05) is 93.4 Å². The molecule has 0 saturated heterocycles. The third-order valence-corrected chi connectivity index (χ3v) is 27.3. The zero-order valence-electron chi connectivity index (χ0n) is 71.6. The van der Waals surface area contributed by atoms with Crippen LogP contribution in [0.1, 0.15) is 135 Å². The smallest absolute Gasteiger partial charge is 0.332 e. The molecule has 7 amide bonds. The van der Waals surface area contributed by atoms with Crippen molar-refractivity contribution in [1.82, 2.24) is 65.3 Å². The quantitative estimate of drug-likeness (QED) is 0.0395. The van der Waals surface area contributed by atoms with E-state index in [1.807, 2.05) is 121 Å². The van der Waals surface area contributed by atoms with Gasteiger partial charge in [-0.15, -0.1) is 0 Å². The van der Waals surface area contributed by atoms with Crippen LogP contribution in [0.25, 0.3) is 33.8 Å². The number of benzene rings is 3. The number of nitrogens with one attached hydrogen (secondary N) is 4. The van der Waals surface area contributed by atoms with Gasteiger partial charge in [-0.3, -0.25) is 38.3 Å². The summed E-state index contributed by atoms with van der Waals surface area (Å²) in [4.78, 5) is 152. The third-order valence-electron chi connectivity index (χ3n) is 25.5. The minimum atomic E-state index is -3.81. The van der Waals surface area contributed by atoms with Crippen LogP contribution in [0.5, 0.6) is 35.7 Å². The number of nitrogens with zero attached hydrogens (tertiary/aromatic N) is 9. The largest absolute Gasteiger partial charge is 0.479 e. The second-order valence-corrected chi connectivity index (χ2v) is 36.1. The van der Waals surface area contributed by atoms with Gasteiger partial charge in [-0.1, -0.05) is 127 Å². The van der Waals surface area contributed by atoms with Crippen molar-refractivity contribution in [2.45, 2.75) is 176 Å². The Hall–Kier alpha value is -11.9. The van der Waals surface area contributed by atoms with Crippen molar-refractivity contribution in [3.63, 3.8) is 0 Å². The minimum absolute atomic E-state index is 0.0911. The number of methoxy groups -OCH3 is 3. The number of ether oxygens (including phenoxy) is 7. The average molecular weight is 1740 g/mol. The first-order chi connectivity index (χ1) is 60.2. The number of hydrogen-bond acceptors (Lipinski definition) is 24. The van der Waals surface area contributed by atoms with Crippen LogP contribution in [0.15, 0.2) is 146 Å². The van der Waals surface area contributed by atoms with Crippen LogP contribution < -0.4 is 49.1 Å². The maximum Gasteiger partial charge on any atom is 0.332 e. The fourth-order valence-electron chi connectivity index (χ4n) is 18.0. The second kappa shape index (κ2) is 39.1. The zero-order valence-corrected chi connectivity index (χ0v) is 72.4. The number of carbonyl (C=O) groups is 9. The number of aromatic nitrogens is 6. The molecule has 7 aliphatic carbocycles. The molecule has 0 bridgehead atoms. The number of allylic oxidation sites excluding steroid dienone is 3. The Kier molecular flexibility index (Phi) is 28.0. The fraction of sp³-hybridized carbons (Fsp3) is 0.511. The van der Waals surface area contributed by atoms with Crippen LogP contribution in [-0.2, 0) is 57.9 Å². The van der Waals surface area contributed by atoms with Crippen LogP contribution in [0.3, 0.4) is 0 Å². The lowest BCUT2D eigenvalue weighted by molar-refractivity contribution is -0.150. The molecule has 5 N–H and O–H groups in total. The van der Waals surface area contributed by atoms with Crippen molar-refractivity contribution in [3.8, 4) is 69.4 Å². The van der Waals surface area contributed by atoms with E-state index in [1.165, 1.54) is 21.3 Å². The standard InChI is InChI=1S/C32H39N5O7S.C31H38N4O6.C29H34N4O6/c1-37-15-9-4-3-8-12-21-19-32(21,30(40)36-45(41,42)23-13-14-23)35-28(38)24-16-22(17-25(24)29(37)39)44-27-18-26(33-31(34-27)43-2)20-10-6-5-7-11-20;1-4-40-29(38)31-19-21(31)14-10-5-6-11-15-35(2)28(37)24-17-22(16-23(24)27(36)34-31)41-26-18-25(32-30(33-26)39-3)20-12-8-7-9-13-20;1-33-13-9-4-3-8-12-19-17-29(19,27(36)37)32-25(34)21-14-20(15-22(21)26(33)35)39-24-16-23(30-28(31-24)38-2)18-10-6-5-7-11-18/h5-8,10-12,18,21-25H,3-4,9,13-17,19H2,1-2H3,(H,35,38)(H,36,40);7-10,12-14,18,21-24H,4-6,11,15-17,19H2,1-3H3,(H,34,36);5-8,10-12,16,19-22H,3-4,9,13-15,17H2,1-2H3,(H,32,34)(H,36,37)/b12-8-;14-10-;12-8-/t21-,22-,24-,25-,32-;21-,22-,23-,24-,31-;19-,20-,21-,22-,29-/m111/s1. The van der Waals surface area contributed by atoms with Crippen LogP contribution in [0.4, 0.5) is 0 Å². The van der Waals surface area contributed by atoms with Crippen molar-refractivity contribution >= 4 is 63.3 Å². The normalized spacial score (nSPS) is 29.4. The molecular formula is C92H111N13O19S. The Balaban J connectivity index is 0.000000153. The molecule has 3 aliphatic heterocycles. The van der Waals surface area contributed by atoms with Gasteiger partial charge in [0.1, 0.15) is 34.9 Å². The highest BCUT2D eigenvalue weighted by Crippen LogP contribution is 2.51. The number of esters is 1. The molecule has 32 nitrogen and oxygen atoms in total. The molecule has 10 aliphatic rings. The van der Waals surface area contributed by atoms with Gasteiger partial charge in [-0.05, 0) is 135 Å². The lowest BCUT2D eigenvalue weighted by Gasteiger charge is -2.26. The van der Waals surface area contributed by atoms with Crippen LogP contribution in [0.2, 0.25) is 0 Å². The summed E-state index contributed by atoms with van der Waals surface area (Å²) in [5.41, 5.74) is 0.668. The Morgan fingerprint density at radius 3 is 1.12 bits per heavy atom. The number of amides is 7. The highest BCUT2D eigenvalue weighted by atomic mass is 32.2. The van der Waals surface area contributed by atoms with Gasteiger partial charge in [0.05, 0.1) is 85.8 Å². The molecule has 6 aromatic rings. The maximum atomic E-state index is 14.0. The summed E-state index contributed by atoms with van der Waals surface area (Å²) in [6.45, 7) is 3.74. The first kappa shape index (κ1) is 89.4. The molecule has 0 unspecified atom stereocenters. The monoisotopic (exact) mass is 1730 g/mol. The summed E-state index contributed by atoms with van der Waals surface area (Å²) in [5, 5.41) is 18.1. The summed E-state index contributed by atoms with van der Waals surface area (Å²) in [7, 11) is 5.90. The number of carboxylic acid groups (broad SMARTS) is 1. The Labute approximate surface area is 727 Å². The summed E-state index contributed by atoms with van der Waals surface area (Å²) in [6, 6.07) is 34.3. The van der Waals surface area contributed by atoms with Crippen molar-refractivity contribution in [3.05, 3.63) is 146 Å². The number of carboxylic acids is 1. The lowest BCUT2D eigenvalue weighted by Crippen LogP contribution is -2.54. The topological polar surface area (TPSA) is 408 Å². The Bertz CT molecular complexity index is 5160. The van der Waals surface area contributed by atoms with E-state index in [9.17, 15) is 56.7 Å². The molecule has 664 valence electrons. The Morgan fingerprint density at radius 1 is 0.456 bits per heavy atom. The van der Waals surface area contributed by atoms with Gasteiger partial charge in [0.15, 0.2) is 0 Å². The van der Waals surface area contributed by atoms with Gasteiger partial charge < -0.3 is 68.9 Å². The van der Waals surface area contributed by atoms with E-state index >= 15 is 0 Å². The molecule has 16 rings (SSSR count). The van der Waals surface area contributed by atoms with Crippen molar-refractivity contribution in [2.24, 2.45) is 53.3 Å². The van der Waals surface area contributed by atoms with Crippen molar-refractivity contribution < 1.29 is 89.8 Å². The van der Waals surface area contributed by atoms with Gasteiger partial charge in [0.2, 0.25) is 63.1 Å². The van der Waals surface area contributed by atoms with E-state index in [0.29, 0.717) is 87.5 Å². The van der Waals surface area contributed by atoms with E-state index < -0.39 is 115 Å². The number of aliphatic carboxylic acids is 1. The van der Waals surface area contributed by atoms with E-state index in [2.05, 4.69) is 56.7 Å². The number of fused-ring (bicyclic) bond motifs is 6. The first-order valence-electron chi connectivity index (χ1n) is 43.4. The average Bonchev–Trinajstić information content (AvgIpc) is 1.56. The molecule has 33 heteroatoms. The predicted molar refractivity (Wildman–Crippen MR) is 457 cm³/mol. The van der Waals surface area contributed by atoms with E-state index in [1.54, 1.807) is 61.0 Å². The molecule has 7 fully saturated rings. The zero-order chi connectivity index (χ0) is 88.3. The van der Waals surface area contributed by atoms with E-state index in [0.717, 1.165) is 74.5 Å². The predicted octanol–water partition coefficient (Wildman–Crippen LogP) is 9.25. The number of hydrogen-bond donors (Lipinski definition) is 5. The summed E-state index contributed by atoms with van der Waals surface area (Å²) in [6.07, 6.45) is 21.8. The number of sulfonamides is 1. The van der Waals surface area contributed by atoms with Crippen LogP contribution >= 0.6 is 0 Å². The van der Waals surface area contributed by atoms with Gasteiger partial charge >= 0.3 is 30.0 Å². The number of carbonyl (C=O) groups excluding carboxylic acids is 8. The van der Waals surface area contributed by atoms with Crippen molar-refractivity contribution in [2.75, 3.05) is 68.7 Å². The lowest BCUT2D eigenvalue weighted by atomic mass is 9.93. The molecule has 15 atom stereocenters. The second-order valence-electron chi connectivity index (χ2n) is 34.2. The highest BCUT2D eigenvalue weighted by Gasteiger charge is 2.65.